The number of nitro groups is 1. The van der Waals surface area contributed by atoms with Crippen molar-refractivity contribution in [3.63, 3.8) is 0 Å². The molecule has 0 radical (unpaired) electrons. The number of fused-ring (bicyclic) bond motifs is 1. The Labute approximate surface area is 143 Å². The van der Waals surface area contributed by atoms with E-state index < -0.39 is 0 Å². The zero-order valence-electron chi connectivity index (χ0n) is 12.6. The summed E-state index contributed by atoms with van der Waals surface area (Å²) < 4.78 is 1.95. The van der Waals surface area contributed by atoms with Gasteiger partial charge in [0.05, 0.1) is 10.4 Å². The fourth-order valence-electron chi connectivity index (χ4n) is 2.80. The third-order valence-electron chi connectivity index (χ3n) is 4.08. The molecule has 0 fully saturated rings. The lowest BCUT2D eigenvalue weighted by molar-refractivity contribution is -0.384. The second kappa shape index (κ2) is 5.87. The molecule has 0 saturated carbocycles. The minimum atomic E-state index is -0.371. The molecule has 0 amide bonds. The quantitative estimate of drug-likeness (QED) is 0.476. The van der Waals surface area contributed by atoms with Crippen molar-refractivity contribution in [3.05, 3.63) is 73.4 Å². The van der Waals surface area contributed by atoms with E-state index >= 15 is 0 Å². The first-order valence-corrected chi connectivity index (χ1v) is 7.80. The van der Waals surface area contributed by atoms with Gasteiger partial charge in [0.1, 0.15) is 0 Å². The highest BCUT2D eigenvalue weighted by Gasteiger charge is 2.16. The normalized spacial score (nSPS) is 11.1. The first kappa shape index (κ1) is 15.8. The fourth-order valence-corrected chi connectivity index (χ4v) is 3.33. The van der Waals surface area contributed by atoms with E-state index in [1.165, 1.54) is 0 Å². The van der Waals surface area contributed by atoms with Crippen LogP contribution in [-0.2, 0) is 13.5 Å². The van der Waals surface area contributed by atoms with Crippen LogP contribution in [0.15, 0.2) is 36.4 Å². The zero-order valence-corrected chi connectivity index (χ0v) is 14.1. The molecule has 0 bridgehead atoms. The summed E-state index contributed by atoms with van der Waals surface area (Å²) >= 11 is 12.5. The molecular formula is C17H14Cl2N2O2. The van der Waals surface area contributed by atoms with Crippen LogP contribution in [0.2, 0.25) is 10.0 Å². The van der Waals surface area contributed by atoms with Crippen molar-refractivity contribution in [1.82, 2.24) is 4.57 Å². The third kappa shape index (κ3) is 2.80. The summed E-state index contributed by atoms with van der Waals surface area (Å²) in [6.45, 7) is 1.88. The van der Waals surface area contributed by atoms with Crippen LogP contribution in [0.3, 0.4) is 0 Å². The van der Waals surface area contributed by atoms with Crippen molar-refractivity contribution < 1.29 is 4.92 Å². The predicted molar refractivity (Wildman–Crippen MR) is 93.6 cm³/mol. The van der Waals surface area contributed by atoms with Gasteiger partial charge in [-0.25, -0.2) is 0 Å². The lowest BCUT2D eigenvalue weighted by Crippen LogP contribution is -1.99. The maximum Gasteiger partial charge on any atom is 0.271 e. The van der Waals surface area contributed by atoms with Gasteiger partial charge >= 0.3 is 0 Å². The van der Waals surface area contributed by atoms with E-state index in [2.05, 4.69) is 0 Å². The van der Waals surface area contributed by atoms with Crippen molar-refractivity contribution in [1.29, 1.82) is 0 Å². The number of benzene rings is 2. The maximum absolute atomic E-state index is 11.1. The summed E-state index contributed by atoms with van der Waals surface area (Å²) in [5.41, 5.74) is 3.65. The summed E-state index contributed by atoms with van der Waals surface area (Å²) in [6, 6.07) is 10.6. The van der Waals surface area contributed by atoms with E-state index in [9.17, 15) is 10.1 Å². The van der Waals surface area contributed by atoms with Crippen LogP contribution < -0.4 is 0 Å². The Kier molecular flexibility index (Phi) is 4.04. The first-order valence-electron chi connectivity index (χ1n) is 7.04. The lowest BCUT2D eigenvalue weighted by atomic mass is 10.1. The van der Waals surface area contributed by atoms with Crippen molar-refractivity contribution in [3.8, 4) is 0 Å². The van der Waals surface area contributed by atoms with Gasteiger partial charge in [0.15, 0.2) is 0 Å². The Hall–Kier alpha value is -2.04. The van der Waals surface area contributed by atoms with Crippen molar-refractivity contribution in [2.45, 2.75) is 13.3 Å². The summed E-state index contributed by atoms with van der Waals surface area (Å²) in [7, 11) is 1.89. The highest BCUT2D eigenvalue weighted by Crippen LogP contribution is 2.31. The van der Waals surface area contributed by atoms with Crippen molar-refractivity contribution in [2.75, 3.05) is 0 Å². The largest absolute Gasteiger partial charge is 0.347 e. The van der Waals surface area contributed by atoms with E-state index in [0.29, 0.717) is 16.5 Å². The van der Waals surface area contributed by atoms with E-state index in [4.69, 9.17) is 23.2 Å². The van der Waals surface area contributed by atoms with Crippen LogP contribution in [-0.4, -0.2) is 9.49 Å². The molecule has 0 atom stereocenters. The SMILES string of the molecule is Cc1cc([N+](=O)[O-])cc2c1cc(Cc1c(Cl)cccc1Cl)n2C. The van der Waals surface area contributed by atoms with Gasteiger partial charge < -0.3 is 4.57 Å². The molecule has 1 aromatic heterocycles. The lowest BCUT2D eigenvalue weighted by Gasteiger charge is -2.08. The molecule has 1 heterocycles. The van der Waals surface area contributed by atoms with Gasteiger partial charge in [-0.05, 0) is 36.2 Å². The number of non-ortho nitro benzene ring substituents is 1. The minimum absolute atomic E-state index is 0.0959. The van der Waals surface area contributed by atoms with Gasteiger partial charge in [-0.3, -0.25) is 10.1 Å². The molecule has 0 N–H and O–H groups in total. The highest BCUT2D eigenvalue weighted by molar-refractivity contribution is 6.36. The van der Waals surface area contributed by atoms with Crippen LogP contribution in [0.25, 0.3) is 10.9 Å². The van der Waals surface area contributed by atoms with Gasteiger partial charge in [-0.1, -0.05) is 29.3 Å². The molecule has 3 rings (SSSR count). The number of nitrogens with zero attached hydrogens (tertiary/aromatic N) is 2. The maximum atomic E-state index is 11.1. The number of hydrogen-bond acceptors (Lipinski definition) is 2. The van der Waals surface area contributed by atoms with E-state index in [0.717, 1.165) is 27.7 Å². The van der Waals surface area contributed by atoms with E-state index in [-0.39, 0.29) is 10.6 Å². The predicted octanol–water partition coefficient (Wildman–Crippen LogP) is 5.29. The number of aromatic nitrogens is 1. The smallest absolute Gasteiger partial charge is 0.271 e. The molecule has 6 heteroatoms. The summed E-state index contributed by atoms with van der Waals surface area (Å²) in [5.74, 6) is 0. The Bertz CT molecular complexity index is 912. The molecule has 0 unspecified atom stereocenters. The van der Waals surface area contributed by atoms with Crippen LogP contribution in [0.5, 0.6) is 0 Å². The summed E-state index contributed by atoms with van der Waals surface area (Å²) in [4.78, 5) is 10.7. The third-order valence-corrected chi connectivity index (χ3v) is 4.79. The molecule has 4 nitrogen and oxygen atoms in total. The molecule has 0 aliphatic heterocycles. The molecule has 0 aliphatic rings. The minimum Gasteiger partial charge on any atom is -0.347 e. The fraction of sp³-hybridized carbons (Fsp3) is 0.176. The second-order valence-electron chi connectivity index (χ2n) is 5.52. The van der Waals surface area contributed by atoms with Crippen molar-refractivity contribution >= 4 is 39.8 Å². The number of rotatable bonds is 3. The molecule has 23 heavy (non-hydrogen) atoms. The Morgan fingerprint density at radius 1 is 1.17 bits per heavy atom. The average molecular weight is 349 g/mol. The van der Waals surface area contributed by atoms with Gasteiger partial charge in [-0.15, -0.1) is 0 Å². The van der Waals surface area contributed by atoms with Gasteiger partial charge in [0.2, 0.25) is 0 Å². The number of aryl methyl sites for hydroxylation is 2. The second-order valence-corrected chi connectivity index (χ2v) is 6.34. The summed E-state index contributed by atoms with van der Waals surface area (Å²) in [5, 5.41) is 13.3. The molecule has 0 aliphatic carbocycles. The van der Waals surface area contributed by atoms with Crippen LogP contribution in [0, 0.1) is 17.0 Å². The highest BCUT2D eigenvalue weighted by atomic mass is 35.5. The van der Waals surface area contributed by atoms with Crippen LogP contribution >= 0.6 is 23.2 Å². The Morgan fingerprint density at radius 3 is 2.43 bits per heavy atom. The van der Waals surface area contributed by atoms with E-state index in [1.807, 2.05) is 42.8 Å². The molecule has 0 spiro atoms. The molecule has 2 aromatic carbocycles. The standard InChI is InChI=1S/C17H14Cl2N2O2/c1-10-6-12(21(22)23)9-17-13(10)7-11(20(17)2)8-14-15(18)4-3-5-16(14)19/h3-7,9H,8H2,1-2H3. The number of nitro benzene ring substituents is 1. The van der Waals surface area contributed by atoms with Gasteiger partial charge in [0, 0.05) is 46.7 Å². The summed E-state index contributed by atoms with van der Waals surface area (Å²) in [6.07, 6.45) is 0.566. The molecule has 3 aromatic rings. The number of hydrogen-bond donors (Lipinski definition) is 0. The van der Waals surface area contributed by atoms with E-state index in [1.54, 1.807) is 12.1 Å². The van der Waals surface area contributed by atoms with Gasteiger partial charge in [-0.2, -0.15) is 0 Å². The topological polar surface area (TPSA) is 48.1 Å². The van der Waals surface area contributed by atoms with Crippen LogP contribution in [0.1, 0.15) is 16.8 Å². The molecule has 118 valence electrons. The van der Waals surface area contributed by atoms with Gasteiger partial charge in [0.25, 0.3) is 5.69 Å². The monoisotopic (exact) mass is 348 g/mol. The molecular weight excluding hydrogens is 335 g/mol. The number of halogens is 2. The molecule has 0 saturated heterocycles. The Balaban J connectivity index is 2.14. The first-order chi connectivity index (χ1) is 10.9. The van der Waals surface area contributed by atoms with Crippen molar-refractivity contribution in [2.24, 2.45) is 7.05 Å². The average Bonchev–Trinajstić information content (AvgIpc) is 2.80. The van der Waals surface area contributed by atoms with Crippen LogP contribution in [0.4, 0.5) is 5.69 Å². The zero-order chi connectivity index (χ0) is 16.7. The Morgan fingerprint density at radius 2 is 1.83 bits per heavy atom.